The van der Waals surface area contributed by atoms with E-state index in [4.69, 9.17) is 9.47 Å². The number of ether oxygens (including phenoxy) is 2. The van der Waals surface area contributed by atoms with Crippen molar-refractivity contribution in [1.29, 1.82) is 0 Å². The van der Waals surface area contributed by atoms with E-state index in [1.807, 2.05) is 6.07 Å². The maximum Gasteiger partial charge on any atom is 0.292 e. The van der Waals surface area contributed by atoms with Crippen LogP contribution >= 0.6 is 11.3 Å². The van der Waals surface area contributed by atoms with Crippen molar-refractivity contribution in [3.05, 3.63) is 57.4 Å². The van der Waals surface area contributed by atoms with Crippen LogP contribution in [0, 0.1) is 10.1 Å². The van der Waals surface area contributed by atoms with Crippen molar-refractivity contribution < 1.29 is 19.2 Å². The van der Waals surface area contributed by atoms with Crippen molar-refractivity contribution in [3.63, 3.8) is 0 Å². The Kier molecular flexibility index (Phi) is 3.92. The largest absolute Gasteiger partial charge is 0.485 e. The predicted octanol–water partition coefficient (Wildman–Crippen LogP) is 2.42. The van der Waals surface area contributed by atoms with Crippen LogP contribution in [-0.4, -0.2) is 28.1 Å². The zero-order valence-electron chi connectivity index (χ0n) is 13.6. The lowest BCUT2D eigenvalue weighted by Gasteiger charge is -2.23. The second kappa shape index (κ2) is 6.26. The number of aryl methyl sites for hydroxylation is 1. The summed E-state index contributed by atoms with van der Waals surface area (Å²) in [4.78, 5) is 27.5. The number of carbonyl (C=O) groups excluding carboxylic acids is 1. The van der Waals surface area contributed by atoms with E-state index in [1.54, 1.807) is 35.9 Å². The molecule has 2 heterocycles. The molecular weight excluding hydrogens is 358 g/mol. The first-order chi connectivity index (χ1) is 12.5. The fourth-order valence-electron chi connectivity index (χ4n) is 2.65. The molecule has 4 rings (SSSR count). The van der Waals surface area contributed by atoms with Crippen LogP contribution in [-0.2, 0) is 11.8 Å². The zero-order chi connectivity index (χ0) is 18.3. The summed E-state index contributed by atoms with van der Waals surface area (Å²) in [5.41, 5.74) is 0.760. The maximum absolute atomic E-state index is 12.5. The first-order valence-corrected chi connectivity index (χ1v) is 8.55. The van der Waals surface area contributed by atoms with Crippen LogP contribution in [0.2, 0.25) is 0 Å². The molecule has 1 aliphatic rings. The molecule has 1 atom stereocenters. The molecule has 8 nitrogen and oxygen atoms in total. The van der Waals surface area contributed by atoms with E-state index in [-0.39, 0.29) is 12.3 Å². The monoisotopic (exact) mass is 371 g/mol. The number of thiazole rings is 1. The van der Waals surface area contributed by atoms with Crippen molar-refractivity contribution in [2.45, 2.75) is 6.10 Å². The number of para-hydroxylation sites is 2. The van der Waals surface area contributed by atoms with Crippen LogP contribution in [0.15, 0.2) is 47.5 Å². The van der Waals surface area contributed by atoms with Gasteiger partial charge in [-0.15, -0.1) is 0 Å². The van der Waals surface area contributed by atoms with E-state index in [0.29, 0.717) is 21.0 Å². The Morgan fingerprint density at radius 3 is 2.85 bits per heavy atom. The SMILES string of the molecule is Cn1c(=NC(=O)C2COc3ccccc3O2)sc2cc([N+](=O)[O-])ccc21. The minimum Gasteiger partial charge on any atom is -0.485 e. The quantitative estimate of drug-likeness (QED) is 0.509. The summed E-state index contributed by atoms with van der Waals surface area (Å²) in [6.07, 6.45) is -0.829. The number of nitro benzene ring substituents is 1. The highest BCUT2D eigenvalue weighted by Gasteiger charge is 2.27. The van der Waals surface area contributed by atoms with Crippen molar-refractivity contribution >= 4 is 33.1 Å². The first-order valence-electron chi connectivity index (χ1n) is 7.74. The number of nitro groups is 1. The number of benzene rings is 2. The van der Waals surface area contributed by atoms with E-state index < -0.39 is 16.9 Å². The van der Waals surface area contributed by atoms with Crippen LogP contribution in [0.4, 0.5) is 5.69 Å². The third-order valence-corrected chi connectivity index (χ3v) is 5.09. The number of hydrogen-bond donors (Lipinski definition) is 0. The van der Waals surface area contributed by atoms with E-state index in [9.17, 15) is 14.9 Å². The molecule has 9 heteroatoms. The van der Waals surface area contributed by atoms with Gasteiger partial charge in [-0.25, -0.2) is 0 Å². The molecule has 3 aromatic rings. The molecule has 132 valence electrons. The van der Waals surface area contributed by atoms with Gasteiger partial charge in [0.2, 0.25) is 6.10 Å². The number of fused-ring (bicyclic) bond motifs is 2. The topological polar surface area (TPSA) is 96.0 Å². The summed E-state index contributed by atoms with van der Waals surface area (Å²) in [7, 11) is 1.75. The molecule has 26 heavy (non-hydrogen) atoms. The zero-order valence-corrected chi connectivity index (χ0v) is 14.4. The summed E-state index contributed by atoms with van der Waals surface area (Å²) in [5.74, 6) is 0.635. The molecule has 0 saturated heterocycles. The van der Waals surface area contributed by atoms with Crippen molar-refractivity contribution in [2.75, 3.05) is 6.61 Å². The fraction of sp³-hybridized carbons (Fsp3) is 0.176. The van der Waals surface area contributed by atoms with Gasteiger partial charge in [0.15, 0.2) is 16.3 Å². The Labute approximate surface area is 151 Å². The molecular formula is C17H13N3O5S. The molecule has 0 spiro atoms. The molecule has 0 radical (unpaired) electrons. The summed E-state index contributed by atoms with van der Waals surface area (Å²) in [6, 6.07) is 11.7. The van der Waals surface area contributed by atoms with Crippen molar-refractivity contribution in [2.24, 2.45) is 12.0 Å². The average molecular weight is 371 g/mol. The molecule has 1 aromatic heterocycles. The molecule has 0 bridgehead atoms. The summed E-state index contributed by atoms with van der Waals surface area (Å²) in [5, 5.41) is 10.9. The minimum atomic E-state index is -0.829. The van der Waals surface area contributed by atoms with Gasteiger partial charge in [-0.2, -0.15) is 4.99 Å². The highest BCUT2D eigenvalue weighted by Crippen LogP contribution is 2.31. The highest BCUT2D eigenvalue weighted by atomic mass is 32.1. The van der Waals surface area contributed by atoms with E-state index in [1.165, 1.54) is 23.5 Å². The molecule has 1 unspecified atom stereocenters. The molecule has 1 aliphatic heterocycles. The molecule has 1 amide bonds. The number of carbonyl (C=O) groups is 1. The van der Waals surface area contributed by atoms with Gasteiger partial charge in [0.1, 0.15) is 6.61 Å². The highest BCUT2D eigenvalue weighted by molar-refractivity contribution is 7.16. The smallest absolute Gasteiger partial charge is 0.292 e. The van der Waals surface area contributed by atoms with Crippen molar-refractivity contribution in [1.82, 2.24) is 4.57 Å². The van der Waals surface area contributed by atoms with Gasteiger partial charge in [0.25, 0.3) is 11.6 Å². The lowest BCUT2D eigenvalue weighted by molar-refractivity contribution is -0.384. The lowest BCUT2D eigenvalue weighted by atomic mass is 10.2. The van der Waals surface area contributed by atoms with Gasteiger partial charge in [0.05, 0.1) is 15.1 Å². The van der Waals surface area contributed by atoms with Crippen LogP contribution in [0.5, 0.6) is 11.5 Å². The Balaban J connectivity index is 1.67. The number of rotatable bonds is 2. The molecule has 0 aliphatic carbocycles. The number of aromatic nitrogens is 1. The molecule has 0 saturated carbocycles. The van der Waals surface area contributed by atoms with Gasteiger partial charge in [0, 0.05) is 19.2 Å². The number of non-ortho nitro benzene ring substituents is 1. The van der Waals surface area contributed by atoms with Gasteiger partial charge >= 0.3 is 0 Å². The first kappa shape index (κ1) is 16.3. The lowest BCUT2D eigenvalue weighted by Crippen LogP contribution is -2.36. The van der Waals surface area contributed by atoms with Crippen LogP contribution < -0.4 is 14.3 Å². The number of nitrogens with zero attached hydrogens (tertiary/aromatic N) is 3. The van der Waals surface area contributed by atoms with Crippen LogP contribution in [0.1, 0.15) is 0 Å². The van der Waals surface area contributed by atoms with E-state index in [2.05, 4.69) is 4.99 Å². The Morgan fingerprint density at radius 2 is 2.08 bits per heavy atom. The Morgan fingerprint density at radius 1 is 1.31 bits per heavy atom. The minimum absolute atomic E-state index is 0.00199. The maximum atomic E-state index is 12.5. The number of amides is 1. The molecule has 2 aromatic carbocycles. The average Bonchev–Trinajstić information content (AvgIpc) is 2.96. The Bertz CT molecular complexity index is 1100. The predicted molar refractivity (Wildman–Crippen MR) is 94.4 cm³/mol. The van der Waals surface area contributed by atoms with E-state index >= 15 is 0 Å². The second-order valence-electron chi connectivity index (χ2n) is 5.67. The second-order valence-corrected chi connectivity index (χ2v) is 6.68. The molecule has 0 fully saturated rings. The summed E-state index contributed by atoms with van der Waals surface area (Å²) >= 11 is 1.21. The van der Waals surface area contributed by atoms with E-state index in [0.717, 1.165) is 5.52 Å². The van der Waals surface area contributed by atoms with Gasteiger partial charge in [-0.05, 0) is 18.2 Å². The van der Waals surface area contributed by atoms with Gasteiger partial charge in [-0.3, -0.25) is 14.9 Å². The number of hydrogen-bond acceptors (Lipinski definition) is 6. The van der Waals surface area contributed by atoms with Crippen LogP contribution in [0.25, 0.3) is 10.2 Å². The Hall–Kier alpha value is -3.20. The summed E-state index contributed by atoms with van der Waals surface area (Å²) < 4.78 is 13.6. The third kappa shape index (κ3) is 2.82. The van der Waals surface area contributed by atoms with Gasteiger partial charge in [-0.1, -0.05) is 23.5 Å². The van der Waals surface area contributed by atoms with Crippen molar-refractivity contribution in [3.8, 4) is 11.5 Å². The fourth-order valence-corrected chi connectivity index (χ4v) is 3.71. The molecule has 0 N–H and O–H groups in total. The van der Waals surface area contributed by atoms with Crippen LogP contribution in [0.3, 0.4) is 0 Å². The normalized spacial score (nSPS) is 16.7. The third-order valence-electron chi connectivity index (χ3n) is 3.99. The summed E-state index contributed by atoms with van der Waals surface area (Å²) in [6.45, 7) is 0.0828. The van der Waals surface area contributed by atoms with Gasteiger partial charge < -0.3 is 14.0 Å². The standard InChI is InChI=1S/C17H13N3O5S/c1-19-11-7-6-10(20(22)23)8-15(11)26-17(19)18-16(21)14-9-24-12-4-2-3-5-13(12)25-14/h2-8,14H,9H2,1H3.